The van der Waals surface area contributed by atoms with E-state index >= 15 is 0 Å². The normalized spacial score (nSPS) is 15.9. The highest BCUT2D eigenvalue weighted by molar-refractivity contribution is 6.04. The fraction of sp³-hybridized carbons (Fsp3) is 0.200. The van der Waals surface area contributed by atoms with E-state index in [1.165, 1.54) is 6.07 Å². The van der Waals surface area contributed by atoms with Crippen LogP contribution >= 0.6 is 0 Å². The van der Waals surface area contributed by atoms with Crippen LogP contribution in [0.2, 0.25) is 0 Å². The molecule has 0 aliphatic carbocycles. The highest BCUT2D eigenvalue weighted by atomic mass is 19.2. The van der Waals surface area contributed by atoms with Crippen molar-refractivity contribution in [2.24, 2.45) is 5.10 Å². The summed E-state index contributed by atoms with van der Waals surface area (Å²) in [6.07, 6.45) is 0.759. The highest BCUT2D eigenvalue weighted by Crippen LogP contribution is 2.13. The van der Waals surface area contributed by atoms with Gasteiger partial charge in [0.15, 0.2) is 11.6 Å². The summed E-state index contributed by atoms with van der Waals surface area (Å²) in [5, 5.41) is 3.78. The monoisotopic (exact) mass is 210 g/mol. The molecule has 0 saturated heterocycles. The molecule has 1 amide bonds. The predicted octanol–water partition coefficient (Wildman–Crippen LogP) is 1.58. The van der Waals surface area contributed by atoms with Crippen LogP contribution in [0.15, 0.2) is 23.3 Å². The van der Waals surface area contributed by atoms with Crippen molar-refractivity contribution in [3.63, 3.8) is 0 Å². The SMILES string of the molecule is O=C1CCC(c2ccc(F)c(F)c2)=NN1. The first-order valence-electron chi connectivity index (χ1n) is 4.47. The number of amides is 1. The van der Waals surface area contributed by atoms with Gasteiger partial charge in [-0.15, -0.1) is 0 Å². The van der Waals surface area contributed by atoms with Crippen LogP contribution in [0.25, 0.3) is 0 Å². The highest BCUT2D eigenvalue weighted by Gasteiger charge is 2.14. The maximum absolute atomic E-state index is 12.9. The minimum atomic E-state index is -0.910. The van der Waals surface area contributed by atoms with E-state index in [0.29, 0.717) is 24.1 Å². The van der Waals surface area contributed by atoms with Crippen LogP contribution in [0.3, 0.4) is 0 Å². The van der Waals surface area contributed by atoms with Crippen LogP contribution in [-0.2, 0) is 4.79 Å². The number of nitrogens with zero attached hydrogens (tertiary/aromatic N) is 1. The lowest BCUT2D eigenvalue weighted by molar-refractivity contribution is -0.121. The maximum atomic E-state index is 12.9. The van der Waals surface area contributed by atoms with Gasteiger partial charge in [0, 0.05) is 18.4 Å². The van der Waals surface area contributed by atoms with Crippen LogP contribution in [0.5, 0.6) is 0 Å². The molecule has 5 heteroatoms. The van der Waals surface area contributed by atoms with Crippen LogP contribution < -0.4 is 5.43 Å². The zero-order valence-corrected chi connectivity index (χ0v) is 7.76. The molecule has 1 heterocycles. The Hall–Kier alpha value is -1.78. The lowest BCUT2D eigenvalue weighted by atomic mass is 10.0. The molecular weight excluding hydrogens is 202 g/mol. The Morgan fingerprint density at radius 2 is 2.00 bits per heavy atom. The fourth-order valence-corrected chi connectivity index (χ4v) is 1.36. The number of benzene rings is 1. The van der Waals surface area contributed by atoms with Gasteiger partial charge < -0.3 is 0 Å². The molecular formula is C10H8F2N2O. The molecule has 15 heavy (non-hydrogen) atoms. The second-order valence-corrected chi connectivity index (χ2v) is 3.22. The Labute approximate surface area is 84.8 Å². The van der Waals surface area contributed by atoms with E-state index in [2.05, 4.69) is 10.5 Å². The van der Waals surface area contributed by atoms with Crippen molar-refractivity contribution in [3.05, 3.63) is 35.4 Å². The fourth-order valence-electron chi connectivity index (χ4n) is 1.36. The van der Waals surface area contributed by atoms with E-state index in [9.17, 15) is 13.6 Å². The lowest BCUT2D eigenvalue weighted by Crippen LogP contribution is -2.25. The molecule has 0 fully saturated rings. The molecule has 0 saturated carbocycles. The van der Waals surface area contributed by atoms with Crippen molar-refractivity contribution in [3.8, 4) is 0 Å². The van der Waals surface area contributed by atoms with Gasteiger partial charge in [0.2, 0.25) is 5.91 Å². The summed E-state index contributed by atoms with van der Waals surface area (Å²) in [6.45, 7) is 0. The topological polar surface area (TPSA) is 41.5 Å². The van der Waals surface area contributed by atoms with Gasteiger partial charge in [-0.05, 0) is 18.2 Å². The average molecular weight is 210 g/mol. The third-order valence-electron chi connectivity index (χ3n) is 2.16. The first-order valence-corrected chi connectivity index (χ1v) is 4.47. The Kier molecular flexibility index (Phi) is 2.45. The molecule has 1 N–H and O–H groups in total. The lowest BCUT2D eigenvalue weighted by Gasteiger charge is -2.11. The van der Waals surface area contributed by atoms with E-state index in [-0.39, 0.29) is 5.91 Å². The summed E-state index contributed by atoms with van der Waals surface area (Å²) in [7, 11) is 0. The van der Waals surface area contributed by atoms with Crippen molar-refractivity contribution in [2.45, 2.75) is 12.8 Å². The molecule has 0 aromatic heterocycles. The molecule has 0 unspecified atom stereocenters. The third-order valence-corrected chi connectivity index (χ3v) is 2.16. The first-order chi connectivity index (χ1) is 7.16. The number of halogens is 2. The van der Waals surface area contributed by atoms with Crippen molar-refractivity contribution >= 4 is 11.6 Å². The van der Waals surface area contributed by atoms with Crippen LogP contribution in [0, 0.1) is 11.6 Å². The second kappa shape index (κ2) is 3.76. The number of nitrogens with one attached hydrogen (secondary N) is 1. The molecule has 0 atom stereocenters. The van der Waals surface area contributed by atoms with Gasteiger partial charge in [-0.25, -0.2) is 14.2 Å². The predicted molar refractivity (Wildman–Crippen MR) is 50.3 cm³/mol. The zero-order valence-electron chi connectivity index (χ0n) is 7.76. The van der Waals surface area contributed by atoms with Crippen LogP contribution in [-0.4, -0.2) is 11.6 Å². The minimum Gasteiger partial charge on any atom is -0.273 e. The van der Waals surface area contributed by atoms with E-state index in [1.807, 2.05) is 0 Å². The van der Waals surface area contributed by atoms with Crippen molar-refractivity contribution < 1.29 is 13.6 Å². The van der Waals surface area contributed by atoms with Gasteiger partial charge in [-0.3, -0.25) is 4.79 Å². The number of hydrogen-bond acceptors (Lipinski definition) is 2. The van der Waals surface area contributed by atoms with Crippen molar-refractivity contribution in [1.29, 1.82) is 0 Å². The summed E-state index contributed by atoms with van der Waals surface area (Å²) in [5.41, 5.74) is 3.36. The maximum Gasteiger partial charge on any atom is 0.240 e. The molecule has 0 bridgehead atoms. The molecule has 1 aliphatic rings. The van der Waals surface area contributed by atoms with Crippen LogP contribution in [0.4, 0.5) is 8.78 Å². The van der Waals surface area contributed by atoms with E-state index in [1.54, 1.807) is 0 Å². The number of hydrazone groups is 1. The minimum absolute atomic E-state index is 0.165. The van der Waals surface area contributed by atoms with Gasteiger partial charge >= 0.3 is 0 Å². The zero-order chi connectivity index (χ0) is 10.8. The van der Waals surface area contributed by atoms with E-state index in [4.69, 9.17) is 0 Å². The molecule has 1 aromatic carbocycles. The molecule has 0 radical (unpaired) electrons. The van der Waals surface area contributed by atoms with Gasteiger partial charge in [0.25, 0.3) is 0 Å². The molecule has 1 aromatic rings. The van der Waals surface area contributed by atoms with Gasteiger partial charge in [0.1, 0.15) is 0 Å². The Bertz CT molecular complexity index is 443. The number of rotatable bonds is 1. The molecule has 2 rings (SSSR count). The van der Waals surface area contributed by atoms with E-state index < -0.39 is 11.6 Å². The van der Waals surface area contributed by atoms with E-state index in [0.717, 1.165) is 12.1 Å². The Morgan fingerprint density at radius 1 is 1.20 bits per heavy atom. The van der Waals surface area contributed by atoms with Crippen LogP contribution in [0.1, 0.15) is 18.4 Å². The number of carbonyl (C=O) groups is 1. The summed E-state index contributed by atoms with van der Waals surface area (Å²) < 4.78 is 25.5. The molecule has 3 nitrogen and oxygen atoms in total. The smallest absolute Gasteiger partial charge is 0.240 e. The largest absolute Gasteiger partial charge is 0.273 e. The Morgan fingerprint density at radius 3 is 2.60 bits per heavy atom. The van der Waals surface area contributed by atoms with Gasteiger partial charge in [-0.2, -0.15) is 5.10 Å². The summed E-state index contributed by atoms with van der Waals surface area (Å²) in [6, 6.07) is 3.56. The molecule has 1 aliphatic heterocycles. The average Bonchev–Trinajstić information content (AvgIpc) is 2.23. The molecule has 78 valence electrons. The van der Waals surface area contributed by atoms with Gasteiger partial charge in [-0.1, -0.05) is 0 Å². The quantitative estimate of drug-likeness (QED) is 0.751. The number of carbonyl (C=O) groups excluding carboxylic acids is 1. The number of hydrogen-bond donors (Lipinski definition) is 1. The summed E-state index contributed by atoms with van der Waals surface area (Å²) >= 11 is 0. The van der Waals surface area contributed by atoms with Crippen molar-refractivity contribution in [2.75, 3.05) is 0 Å². The second-order valence-electron chi connectivity index (χ2n) is 3.22. The summed E-state index contributed by atoms with van der Waals surface area (Å²) in [5.74, 6) is -1.97. The third kappa shape index (κ3) is 2.01. The first kappa shape index (κ1) is 9.76. The van der Waals surface area contributed by atoms with Gasteiger partial charge in [0.05, 0.1) is 5.71 Å². The Balaban J connectivity index is 2.30. The standard InChI is InChI=1S/C10H8F2N2O/c11-7-2-1-6(5-8(7)12)9-3-4-10(15)14-13-9/h1-2,5H,3-4H2,(H,14,15). The van der Waals surface area contributed by atoms with Crippen molar-refractivity contribution in [1.82, 2.24) is 5.43 Å². The summed E-state index contributed by atoms with van der Waals surface area (Å²) in [4.78, 5) is 10.8. The molecule has 0 spiro atoms.